The minimum atomic E-state index is -0.587. The van der Waals surface area contributed by atoms with E-state index in [-0.39, 0.29) is 22.7 Å². The third-order valence-electron chi connectivity index (χ3n) is 3.71. The number of benzene rings is 2. The maximum Gasteiger partial charge on any atom is 0.296 e. The second-order valence-corrected chi connectivity index (χ2v) is 5.91. The van der Waals surface area contributed by atoms with Gasteiger partial charge in [0.25, 0.3) is 11.6 Å². The second-order valence-electron chi connectivity index (χ2n) is 5.91. The van der Waals surface area contributed by atoms with Gasteiger partial charge in [-0.2, -0.15) is 5.26 Å². The number of carbonyl (C=O) groups excluding carboxylic acids is 1. The highest BCUT2D eigenvalue weighted by atomic mass is 16.6. The number of amides is 1. The van der Waals surface area contributed by atoms with Gasteiger partial charge in [-0.25, -0.2) is 0 Å². The minimum Gasteiger partial charge on any atom is -0.490 e. The molecule has 0 unspecified atom stereocenters. The molecule has 0 aliphatic heterocycles. The molecule has 0 heterocycles. The van der Waals surface area contributed by atoms with Gasteiger partial charge in [0, 0.05) is 11.6 Å². The van der Waals surface area contributed by atoms with Crippen LogP contribution in [-0.4, -0.2) is 24.0 Å². The van der Waals surface area contributed by atoms with Crippen LogP contribution in [-0.2, 0) is 0 Å². The quantitative estimate of drug-likeness (QED) is 0.510. The zero-order chi connectivity index (χ0) is 20.5. The molecule has 2 aromatic rings. The molecule has 2 rings (SSSR count). The number of carbonyl (C=O) groups is 1. The van der Waals surface area contributed by atoms with E-state index in [4.69, 9.17) is 14.7 Å². The number of nitro benzene ring substituents is 1. The maximum atomic E-state index is 12.5. The van der Waals surface area contributed by atoms with Gasteiger partial charge in [0.1, 0.15) is 5.69 Å². The Morgan fingerprint density at radius 3 is 2.18 bits per heavy atom. The number of rotatable bonds is 9. The largest absolute Gasteiger partial charge is 0.490 e. The van der Waals surface area contributed by atoms with Gasteiger partial charge in [0.05, 0.1) is 35.8 Å². The first-order chi connectivity index (χ1) is 13.5. The summed E-state index contributed by atoms with van der Waals surface area (Å²) in [5.41, 5.74) is 0.400. The molecule has 0 spiro atoms. The molecule has 0 bridgehead atoms. The van der Waals surface area contributed by atoms with Crippen molar-refractivity contribution in [3.05, 3.63) is 57.6 Å². The Bertz CT molecular complexity index is 888. The van der Waals surface area contributed by atoms with Crippen molar-refractivity contribution in [2.45, 2.75) is 26.7 Å². The Labute approximate surface area is 162 Å². The summed E-state index contributed by atoms with van der Waals surface area (Å²) in [5, 5.41) is 22.9. The number of nitrogens with zero attached hydrogens (tertiary/aromatic N) is 2. The van der Waals surface area contributed by atoms with Crippen molar-refractivity contribution in [1.29, 1.82) is 5.26 Å². The van der Waals surface area contributed by atoms with Gasteiger partial charge in [-0.15, -0.1) is 0 Å². The second kappa shape index (κ2) is 9.92. The maximum absolute atomic E-state index is 12.5. The predicted molar refractivity (Wildman–Crippen MR) is 104 cm³/mol. The molecule has 0 aromatic heterocycles. The van der Waals surface area contributed by atoms with Gasteiger partial charge in [0.2, 0.25) is 0 Å². The molecular formula is C20H21N3O5. The average molecular weight is 383 g/mol. The zero-order valence-corrected chi connectivity index (χ0v) is 15.7. The Morgan fingerprint density at radius 1 is 1.11 bits per heavy atom. The van der Waals surface area contributed by atoms with Crippen LogP contribution in [0.1, 0.15) is 42.6 Å². The lowest BCUT2D eigenvalue weighted by molar-refractivity contribution is -0.384. The van der Waals surface area contributed by atoms with Crippen molar-refractivity contribution < 1.29 is 19.2 Å². The standard InChI is InChI=1S/C20H21N3O5/c1-3-9-27-18-11-16(17(23(25)26)12-19(18)28-10-4-2)22-20(24)15-7-5-14(13-21)6-8-15/h5-8,11-12H,3-4,9-10H2,1-2H3,(H,22,24). The molecule has 0 saturated carbocycles. The molecule has 0 atom stereocenters. The van der Waals surface area contributed by atoms with E-state index in [9.17, 15) is 14.9 Å². The van der Waals surface area contributed by atoms with Crippen LogP contribution in [0.5, 0.6) is 11.5 Å². The number of hydrogen-bond donors (Lipinski definition) is 1. The lowest BCUT2D eigenvalue weighted by Crippen LogP contribution is -2.14. The molecule has 2 aromatic carbocycles. The van der Waals surface area contributed by atoms with E-state index in [1.165, 1.54) is 36.4 Å². The fourth-order valence-corrected chi connectivity index (χ4v) is 2.34. The number of anilines is 1. The summed E-state index contributed by atoms with van der Waals surface area (Å²) in [7, 11) is 0. The average Bonchev–Trinajstić information content (AvgIpc) is 2.71. The highest BCUT2D eigenvalue weighted by Gasteiger charge is 2.22. The van der Waals surface area contributed by atoms with Crippen LogP contribution in [0.2, 0.25) is 0 Å². The van der Waals surface area contributed by atoms with E-state index < -0.39 is 10.8 Å². The van der Waals surface area contributed by atoms with E-state index in [1.54, 1.807) is 0 Å². The van der Waals surface area contributed by atoms with Crippen molar-refractivity contribution in [3.8, 4) is 17.6 Å². The third-order valence-corrected chi connectivity index (χ3v) is 3.71. The lowest BCUT2D eigenvalue weighted by Gasteiger charge is -2.14. The van der Waals surface area contributed by atoms with Crippen molar-refractivity contribution in [3.63, 3.8) is 0 Å². The number of nitrogens with one attached hydrogen (secondary N) is 1. The number of ether oxygens (including phenoxy) is 2. The number of nitro groups is 1. The van der Waals surface area contributed by atoms with Crippen LogP contribution in [0.25, 0.3) is 0 Å². The predicted octanol–water partition coefficient (Wildman–Crippen LogP) is 4.30. The molecule has 1 N–H and O–H groups in total. The lowest BCUT2D eigenvalue weighted by atomic mass is 10.1. The van der Waals surface area contributed by atoms with Crippen LogP contribution in [0.15, 0.2) is 36.4 Å². The molecule has 0 aliphatic rings. The minimum absolute atomic E-state index is 0.00862. The van der Waals surface area contributed by atoms with Crippen LogP contribution < -0.4 is 14.8 Å². The Hall–Kier alpha value is -3.60. The third kappa shape index (κ3) is 5.20. The van der Waals surface area contributed by atoms with Crippen LogP contribution in [0, 0.1) is 21.4 Å². The molecule has 0 aliphatic carbocycles. The van der Waals surface area contributed by atoms with Gasteiger partial charge in [-0.1, -0.05) is 13.8 Å². The summed E-state index contributed by atoms with van der Waals surface area (Å²) in [6.07, 6.45) is 1.48. The summed E-state index contributed by atoms with van der Waals surface area (Å²) >= 11 is 0. The fraction of sp³-hybridized carbons (Fsp3) is 0.300. The van der Waals surface area contributed by atoms with Gasteiger partial charge in [0.15, 0.2) is 11.5 Å². The normalized spacial score (nSPS) is 10.0. The van der Waals surface area contributed by atoms with Crippen molar-refractivity contribution in [2.75, 3.05) is 18.5 Å². The van der Waals surface area contributed by atoms with Crippen LogP contribution >= 0.6 is 0 Å². The van der Waals surface area contributed by atoms with Crippen molar-refractivity contribution >= 4 is 17.3 Å². The molecule has 0 fully saturated rings. The first kappa shape index (κ1) is 20.7. The van der Waals surface area contributed by atoms with Gasteiger partial charge < -0.3 is 14.8 Å². The molecule has 0 radical (unpaired) electrons. The summed E-state index contributed by atoms with van der Waals surface area (Å²) in [6.45, 7) is 4.65. The molecular weight excluding hydrogens is 362 g/mol. The van der Waals surface area contributed by atoms with Crippen LogP contribution in [0.4, 0.5) is 11.4 Å². The van der Waals surface area contributed by atoms with Gasteiger partial charge >= 0.3 is 0 Å². The SMILES string of the molecule is CCCOc1cc(NC(=O)c2ccc(C#N)cc2)c([N+](=O)[O-])cc1OCCC. The monoisotopic (exact) mass is 383 g/mol. The summed E-state index contributed by atoms with van der Waals surface area (Å²) in [4.78, 5) is 23.4. The number of hydrogen-bond acceptors (Lipinski definition) is 6. The van der Waals surface area contributed by atoms with Crippen LogP contribution in [0.3, 0.4) is 0 Å². The van der Waals surface area contributed by atoms with E-state index >= 15 is 0 Å². The summed E-state index contributed by atoms with van der Waals surface area (Å²) in [5.74, 6) is 0.0608. The van der Waals surface area contributed by atoms with Crippen molar-refractivity contribution in [1.82, 2.24) is 0 Å². The Kier molecular flexibility index (Phi) is 7.34. The smallest absolute Gasteiger partial charge is 0.296 e. The molecule has 0 saturated heterocycles. The van der Waals surface area contributed by atoms with Gasteiger partial charge in [-0.05, 0) is 37.1 Å². The fourth-order valence-electron chi connectivity index (χ4n) is 2.34. The summed E-state index contributed by atoms with van der Waals surface area (Å²) in [6, 6.07) is 10.6. The Balaban J connectivity index is 2.37. The molecule has 8 heteroatoms. The van der Waals surface area contributed by atoms with E-state index in [0.29, 0.717) is 24.5 Å². The van der Waals surface area contributed by atoms with E-state index in [1.807, 2.05) is 19.9 Å². The molecule has 28 heavy (non-hydrogen) atoms. The van der Waals surface area contributed by atoms with Gasteiger partial charge in [-0.3, -0.25) is 14.9 Å². The molecule has 1 amide bonds. The topological polar surface area (TPSA) is 114 Å². The zero-order valence-electron chi connectivity index (χ0n) is 15.7. The van der Waals surface area contributed by atoms with E-state index in [2.05, 4.69) is 5.32 Å². The molecule has 8 nitrogen and oxygen atoms in total. The Morgan fingerprint density at radius 2 is 1.68 bits per heavy atom. The highest BCUT2D eigenvalue weighted by Crippen LogP contribution is 2.38. The van der Waals surface area contributed by atoms with Crippen molar-refractivity contribution in [2.24, 2.45) is 0 Å². The highest BCUT2D eigenvalue weighted by molar-refractivity contribution is 6.05. The first-order valence-electron chi connectivity index (χ1n) is 8.89. The first-order valence-corrected chi connectivity index (χ1v) is 8.89. The van der Waals surface area contributed by atoms with E-state index in [0.717, 1.165) is 12.8 Å². The number of nitriles is 1. The molecule has 146 valence electrons. The summed E-state index contributed by atoms with van der Waals surface area (Å²) < 4.78 is 11.2.